The average molecular weight is 292 g/mol. The zero-order valence-corrected chi connectivity index (χ0v) is 11.0. The highest BCUT2D eigenvalue weighted by atomic mass is 32.2. The summed E-state index contributed by atoms with van der Waals surface area (Å²) in [7, 11) is -4.00. The molecule has 0 aromatic carbocycles. The number of morpholine rings is 1. The first-order chi connectivity index (χ1) is 8.41. The summed E-state index contributed by atoms with van der Waals surface area (Å²) in [6.07, 6.45) is 0. The van der Waals surface area contributed by atoms with E-state index in [9.17, 15) is 18.3 Å². The molecular weight excluding hydrogens is 280 g/mol. The van der Waals surface area contributed by atoms with Gasteiger partial charge in [0.05, 0.1) is 18.8 Å². The third kappa shape index (κ3) is 2.48. The van der Waals surface area contributed by atoms with Crippen LogP contribution in [0.15, 0.2) is 9.59 Å². The first-order valence-electron chi connectivity index (χ1n) is 5.11. The monoisotopic (exact) mass is 292 g/mol. The summed E-state index contributed by atoms with van der Waals surface area (Å²) in [5, 5.41) is 16.0. The maximum atomic E-state index is 12.0. The van der Waals surface area contributed by atoms with Crippen molar-refractivity contribution in [2.45, 2.75) is 4.21 Å². The number of carbonyl (C=O) groups excluding carboxylic acids is 1. The minimum Gasteiger partial charge on any atom is -0.505 e. The van der Waals surface area contributed by atoms with Gasteiger partial charge in [0.15, 0.2) is 9.96 Å². The van der Waals surface area contributed by atoms with Crippen LogP contribution in [0, 0.1) is 0 Å². The molecule has 2 heterocycles. The number of hydrogen-bond acceptors (Lipinski definition) is 6. The fourth-order valence-electron chi connectivity index (χ4n) is 1.62. The maximum absolute atomic E-state index is 12.0. The molecule has 1 aromatic heterocycles. The summed E-state index contributed by atoms with van der Waals surface area (Å²) in [6.45, 7) is 1.69. The van der Waals surface area contributed by atoms with Crippen LogP contribution in [0.2, 0.25) is 0 Å². The maximum Gasteiger partial charge on any atom is 0.258 e. The number of hydrogen-bond donors (Lipinski definition) is 2. The Morgan fingerprint density at radius 3 is 2.56 bits per heavy atom. The Bertz CT molecular complexity index is 560. The lowest BCUT2D eigenvalue weighted by atomic mass is 10.2. The van der Waals surface area contributed by atoms with Crippen molar-refractivity contribution in [2.75, 3.05) is 26.3 Å². The molecule has 0 radical (unpaired) electrons. The zero-order chi connectivity index (χ0) is 13.3. The number of rotatable bonds is 2. The molecule has 3 N–H and O–H groups in total. The van der Waals surface area contributed by atoms with Crippen LogP contribution in [-0.4, -0.2) is 50.6 Å². The van der Waals surface area contributed by atoms with Crippen LogP contribution >= 0.6 is 11.3 Å². The predicted octanol–water partition coefficient (Wildman–Crippen LogP) is -0.426. The van der Waals surface area contributed by atoms with Gasteiger partial charge in [-0.15, -0.1) is 11.3 Å². The predicted molar refractivity (Wildman–Crippen MR) is 64.1 cm³/mol. The van der Waals surface area contributed by atoms with Gasteiger partial charge in [-0.1, -0.05) is 0 Å². The van der Waals surface area contributed by atoms with Crippen molar-refractivity contribution in [3.63, 3.8) is 0 Å². The molecule has 9 heteroatoms. The summed E-state index contributed by atoms with van der Waals surface area (Å²) in [6, 6.07) is 0. The minimum absolute atomic E-state index is 0.0362. The Balaban J connectivity index is 2.29. The second-order valence-electron chi connectivity index (χ2n) is 3.74. The largest absolute Gasteiger partial charge is 0.505 e. The lowest BCUT2D eigenvalue weighted by Gasteiger charge is -2.26. The summed E-state index contributed by atoms with van der Waals surface area (Å²) in [5.74, 6) is -0.985. The van der Waals surface area contributed by atoms with Crippen LogP contribution in [-0.2, 0) is 14.8 Å². The van der Waals surface area contributed by atoms with Crippen molar-refractivity contribution >= 4 is 27.3 Å². The van der Waals surface area contributed by atoms with E-state index in [1.165, 1.54) is 10.3 Å². The molecule has 1 amide bonds. The highest BCUT2D eigenvalue weighted by Gasteiger charge is 2.27. The molecule has 0 atom stereocenters. The van der Waals surface area contributed by atoms with Gasteiger partial charge < -0.3 is 14.7 Å². The molecule has 0 bridgehead atoms. The van der Waals surface area contributed by atoms with Crippen LogP contribution in [0.5, 0.6) is 5.75 Å². The molecule has 1 aliphatic rings. The molecule has 100 valence electrons. The van der Waals surface area contributed by atoms with Crippen molar-refractivity contribution in [3.05, 3.63) is 10.9 Å². The second kappa shape index (κ2) is 4.84. The van der Waals surface area contributed by atoms with Crippen LogP contribution < -0.4 is 5.14 Å². The number of nitrogens with zero attached hydrogens (tertiary/aromatic N) is 1. The number of thiophene rings is 1. The SMILES string of the molecule is NS(=O)(=O)c1scc(C(=O)N2CCOCC2)c1O. The van der Waals surface area contributed by atoms with E-state index in [0.29, 0.717) is 26.3 Å². The molecule has 1 fully saturated rings. The van der Waals surface area contributed by atoms with Crippen LogP contribution in [0.25, 0.3) is 0 Å². The van der Waals surface area contributed by atoms with Crippen LogP contribution in [0.1, 0.15) is 10.4 Å². The fraction of sp³-hybridized carbons (Fsp3) is 0.444. The van der Waals surface area contributed by atoms with Gasteiger partial charge >= 0.3 is 0 Å². The molecule has 18 heavy (non-hydrogen) atoms. The van der Waals surface area contributed by atoms with Gasteiger partial charge in [0.1, 0.15) is 0 Å². The Morgan fingerprint density at radius 2 is 2.06 bits per heavy atom. The smallest absolute Gasteiger partial charge is 0.258 e. The number of ether oxygens (including phenoxy) is 1. The topological polar surface area (TPSA) is 110 Å². The Morgan fingerprint density at radius 1 is 1.44 bits per heavy atom. The quantitative estimate of drug-likeness (QED) is 0.769. The van der Waals surface area contributed by atoms with Crippen LogP contribution in [0.3, 0.4) is 0 Å². The lowest BCUT2D eigenvalue weighted by Crippen LogP contribution is -2.40. The van der Waals surface area contributed by atoms with Gasteiger partial charge in [0.2, 0.25) is 0 Å². The molecule has 1 aliphatic heterocycles. The van der Waals surface area contributed by atoms with E-state index in [-0.39, 0.29) is 9.77 Å². The third-order valence-electron chi connectivity index (χ3n) is 2.52. The summed E-state index contributed by atoms with van der Waals surface area (Å²) in [4.78, 5) is 13.5. The molecule has 1 saturated heterocycles. The first-order valence-corrected chi connectivity index (χ1v) is 7.54. The number of amides is 1. The Hall–Kier alpha value is -1.16. The summed E-state index contributed by atoms with van der Waals surface area (Å²) in [5.41, 5.74) is -0.0362. The highest BCUT2D eigenvalue weighted by molar-refractivity contribution is 7.91. The molecule has 7 nitrogen and oxygen atoms in total. The van der Waals surface area contributed by atoms with E-state index >= 15 is 0 Å². The first kappa shape index (κ1) is 13.3. The molecule has 0 aliphatic carbocycles. The average Bonchev–Trinajstić information content (AvgIpc) is 2.71. The molecule has 2 rings (SSSR count). The van der Waals surface area contributed by atoms with Gasteiger partial charge in [-0.3, -0.25) is 4.79 Å². The van der Waals surface area contributed by atoms with E-state index in [1.54, 1.807) is 0 Å². The number of primary sulfonamides is 1. The van der Waals surface area contributed by atoms with E-state index in [2.05, 4.69) is 0 Å². The second-order valence-corrected chi connectivity index (χ2v) is 6.37. The van der Waals surface area contributed by atoms with Crippen molar-refractivity contribution in [3.8, 4) is 5.75 Å². The summed E-state index contributed by atoms with van der Waals surface area (Å²) >= 11 is 0.734. The van der Waals surface area contributed by atoms with Gasteiger partial charge in [-0.2, -0.15) is 0 Å². The number of aromatic hydroxyl groups is 1. The molecule has 0 saturated carbocycles. The molecular formula is C9H12N2O5S2. The van der Waals surface area contributed by atoms with Gasteiger partial charge in [-0.05, 0) is 0 Å². The van der Waals surface area contributed by atoms with Gasteiger partial charge in [0, 0.05) is 18.5 Å². The van der Waals surface area contributed by atoms with Gasteiger partial charge in [0.25, 0.3) is 15.9 Å². The third-order valence-corrected chi connectivity index (χ3v) is 4.98. The molecule has 0 spiro atoms. The Kier molecular flexibility index (Phi) is 3.57. The highest BCUT2D eigenvalue weighted by Crippen LogP contribution is 2.33. The lowest BCUT2D eigenvalue weighted by molar-refractivity contribution is 0.0301. The number of sulfonamides is 1. The number of nitrogens with two attached hydrogens (primary N) is 1. The standard InChI is InChI=1S/C9H12N2O5S2/c10-18(14,15)9-7(12)6(5-17-9)8(13)11-1-3-16-4-2-11/h5,12H,1-4H2,(H2,10,14,15). The van der Waals surface area contributed by atoms with Gasteiger partial charge in [-0.25, -0.2) is 13.6 Å². The minimum atomic E-state index is -4.00. The van der Waals surface area contributed by atoms with E-state index in [1.807, 2.05) is 0 Å². The summed E-state index contributed by atoms with van der Waals surface area (Å²) < 4.78 is 27.0. The molecule has 0 unspecified atom stereocenters. The van der Waals surface area contributed by atoms with Crippen molar-refractivity contribution < 1.29 is 23.1 Å². The van der Waals surface area contributed by atoms with E-state index < -0.39 is 21.7 Å². The zero-order valence-electron chi connectivity index (χ0n) is 9.33. The van der Waals surface area contributed by atoms with Crippen molar-refractivity contribution in [1.82, 2.24) is 4.90 Å². The molecule has 1 aromatic rings. The van der Waals surface area contributed by atoms with E-state index in [4.69, 9.17) is 9.88 Å². The van der Waals surface area contributed by atoms with Crippen molar-refractivity contribution in [2.24, 2.45) is 5.14 Å². The Labute approximate surface area is 108 Å². The van der Waals surface area contributed by atoms with Crippen molar-refractivity contribution in [1.29, 1.82) is 0 Å². The fourth-order valence-corrected chi connectivity index (χ4v) is 3.34. The van der Waals surface area contributed by atoms with E-state index in [0.717, 1.165) is 11.3 Å². The van der Waals surface area contributed by atoms with Crippen LogP contribution in [0.4, 0.5) is 0 Å². The normalized spacial score (nSPS) is 16.8. The number of carbonyl (C=O) groups is 1.